The van der Waals surface area contributed by atoms with Gasteiger partial charge in [-0.1, -0.05) is 64.5 Å². The summed E-state index contributed by atoms with van der Waals surface area (Å²) in [4.78, 5) is 23.1. The van der Waals surface area contributed by atoms with Crippen LogP contribution >= 0.6 is 15.9 Å². The highest BCUT2D eigenvalue weighted by Crippen LogP contribution is 2.26. The lowest BCUT2D eigenvalue weighted by Gasteiger charge is -2.06. The lowest BCUT2D eigenvalue weighted by Crippen LogP contribution is -1.99. The molecule has 3 heteroatoms. The van der Waals surface area contributed by atoms with Crippen LogP contribution in [0.2, 0.25) is 0 Å². The topological polar surface area (TPSA) is 34.1 Å². The van der Waals surface area contributed by atoms with Crippen LogP contribution in [0.15, 0.2) is 60.7 Å². The molecule has 0 unspecified atom stereocenters. The predicted molar refractivity (Wildman–Crippen MR) is 97.5 cm³/mol. The van der Waals surface area contributed by atoms with Crippen molar-refractivity contribution in [1.82, 2.24) is 0 Å². The van der Waals surface area contributed by atoms with E-state index >= 15 is 0 Å². The largest absolute Gasteiger partial charge is 0.295 e. The minimum atomic E-state index is 0.0686. The quantitative estimate of drug-likeness (QED) is 0.464. The number of Topliss-reactive ketones (excluding diaryl/α,β-unsaturated/α-hetero) is 2. The fourth-order valence-corrected chi connectivity index (χ4v) is 2.90. The third-order valence-corrected chi connectivity index (χ3v) is 4.42. The molecular formula is C20H15BrO2. The standard InChI is InChI=1S/C20H15BrO2/c1-13(22)14-2-4-15(5-3-14)16-6-7-18-11-19(20(23)12-21)9-8-17(18)10-16/h2-11H,12H2,1H3. The molecule has 0 fully saturated rings. The monoisotopic (exact) mass is 366 g/mol. The SMILES string of the molecule is CC(=O)c1ccc(-c2ccc3cc(C(=O)CBr)ccc3c2)cc1. The molecule has 3 rings (SSSR count). The van der Waals surface area contributed by atoms with Gasteiger partial charge in [-0.2, -0.15) is 0 Å². The minimum absolute atomic E-state index is 0.0686. The molecule has 0 amide bonds. The van der Waals surface area contributed by atoms with Crippen molar-refractivity contribution < 1.29 is 9.59 Å². The first kappa shape index (κ1) is 15.6. The molecule has 2 nitrogen and oxygen atoms in total. The predicted octanol–water partition coefficient (Wildman–Crippen LogP) is 5.29. The van der Waals surface area contributed by atoms with Crippen molar-refractivity contribution in [3.8, 4) is 11.1 Å². The first-order valence-electron chi connectivity index (χ1n) is 7.33. The first-order valence-corrected chi connectivity index (χ1v) is 8.45. The van der Waals surface area contributed by atoms with Crippen LogP contribution in [-0.2, 0) is 0 Å². The van der Waals surface area contributed by atoms with Gasteiger partial charge in [-0.15, -0.1) is 0 Å². The van der Waals surface area contributed by atoms with Gasteiger partial charge in [-0.05, 0) is 41.0 Å². The molecule has 0 saturated heterocycles. The molecule has 0 spiro atoms. The molecule has 23 heavy (non-hydrogen) atoms. The number of carbonyl (C=O) groups excluding carboxylic acids is 2. The first-order chi connectivity index (χ1) is 11.1. The molecule has 0 aliphatic heterocycles. The van der Waals surface area contributed by atoms with Crippen LogP contribution < -0.4 is 0 Å². The van der Waals surface area contributed by atoms with Crippen molar-refractivity contribution >= 4 is 38.3 Å². The number of hydrogen-bond acceptors (Lipinski definition) is 2. The Balaban J connectivity index is 1.99. The Morgan fingerprint density at radius 1 is 0.783 bits per heavy atom. The molecule has 0 aliphatic rings. The van der Waals surface area contributed by atoms with Gasteiger partial charge in [-0.3, -0.25) is 9.59 Å². The highest BCUT2D eigenvalue weighted by molar-refractivity contribution is 9.09. The van der Waals surface area contributed by atoms with E-state index in [9.17, 15) is 9.59 Å². The van der Waals surface area contributed by atoms with Gasteiger partial charge in [0.1, 0.15) is 0 Å². The third-order valence-electron chi connectivity index (χ3n) is 3.91. The van der Waals surface area contributed by atoms with Crippen LogP contribution in [0.3, 0.4) is 0 Å². The highest BCUT2D eigenvalue weighted by atomic mass is 79.9. The van der Waals surface area contributed by atoms with Crippen LogP contribution in [0.1, 0.15) is 27.6 Å². The lowest BCUT2D eigenvalue weighted by atomic mass is 9.98. The third kappa shape index (κ3) is 3.25. The number of halogens is 1. The van der Waals surface area contributed by atoms with Gasteiger partial charge in [0.25, 0.3) is 0 Å². The summed E-state index contributed by atoms with van der Waals surface area (Å²) < 4.78 is 0. The van der Waals surface area contributed by atoms with Gasteiger partial charge in [0.2, 0.25) is 0 Å². The van der Waals surface area contributed by atoms with E-state index in [0.29, 0.717) is 16.5 Å². The molecule has 0 radical (unpaired) electrons. The van der Waals surface area contributed by atoms with Gasteiger partial charge >= 0.3 is 0 Å². The van der Waals surface area contributed by atoms with E-state index in [1.165, 1.54) is 0 Å². The summed E-state index contributed by atoms with van der Waals surface area (Å²) in [6, 6.07) is 19.5. The summed E-state index contributed by atoms with van der Waals surface area (Å²) in [5, 5.41) is 2.46. The van der Waals surface area contributed by atoms with Crippen LogP contribution in [0, 0.1) is 0 Å². The number of benzene rings is 3. The summed E-state index contributed by atoms with van der Waals surface area (Å²) in [6.45, 7) is 1.57. The van der Waals surface area contributed by atoms with Crippen molar-refractivity contribution in [3.63, 3.8) is 0 Å². The zero-order chi connectivity index (χ0) is 16.4. The van der Waals surface area contributed by atoms with E-state index in [0.717, 1.165) is 21.9 Å². The fourth-order valence-electron chi connectivity index (χ4n) is 2.57. The average molecular weight is 367 g/mol. The second kappa shape index (κ2) is 6.47. The summed E-state index contributed by atoms with van der Waals surface area (Å²) in [5.41, 5.74) is 3.59. The van der Waals surface area contributed by atoms with Gasteiger partial charge in [0.15, 0.2) is 11.6 Å². The molecule has 3 aromatic rings. The number of fused-ring (bicyclic) bond motifs is 1. The maximum atomic E-state index is 11.8. The summed E-state index contributed by atoms with van der Waals surface area (Å²) >= 11 is 3.20. The Morgan fingerprint density at radius 2 is 1.35 bits per heavy atom. The fraction of sp³-hybridized carbons (Fsp3) is 0.100. The number of alkyl halides is 1. The second-order valence-electron chi connectivity index (χ2n) is 5.47. The van der Waals surface area contributed by atoms with Crippen molar-refractivity contribution in [2.45, 2.75) is 6.92 Å². The highest BCUT2D eigenvalue weighted by Gasteiger charge is 2.06. The van der Waals surface area contributed by atoms with Crippen LogP contribution in [0.5, 0.6) is 0 Å². The van der Waals surface area contributed by atoms with E-state index in [-0.39, 0.29) is 11.6 Å². The Morgan fingerprint density at radius 3 is 2.00 bits per heavy atom. The van der Waals surface area contributed by atoms with Crippen molar-refractivity contribution in [3.05, 3.63) is 71.8 Å². The van der Waals surface area contributed by atoms with Crippen molar-refractivity contribution in [2.75, 3.05) is 5.33 Å². The Bertz CT molecular complexity index is 895. The molecule has 0 bridgehead atoms. The van der Waals surface area contributed by atoms with Crippen LogP contribution in [0.4, 0.5) is 0 Å². The number of carbonyl (C=O) groups is 2. The Labute approximate surface area is 143 Å². The normalized spacial score (nSPS) is 10.7. The summed E-state index contributed by atoms with van der Waals surface area (Å²) in [7, 11) is 0. The number of ketones is 2. The van der Waals surface area contributed by atoms with Gasteiger partial charge < -0.3 is 0 Å². The lowest BCUT2D eigenvalue weighted by molar-refractivity contribution is 0.101. The van der Waals surface area contributed by atoms with E-state index in [1.807, 2.05) is 54.6 Å². The zero-order valence-corrected chi connectivity index (χ0v) is 14.3. The van der Waals surface area contributed by atoms with Crippen LogP contribution in [0.25, 0.3) is 21.9 Å². The minimum Gasteiger partial charge on any atom is -0.295 e. The molecule has 0 N–H and O–H groups in total. The molecule has 0 saturated carbocycles. The van der Waals surface area contributed by atoms with E-state index in [2.05, 4.69) is 22.0 Å². The maximum Gasteiger partial charge on any atom is 0.173 e. The van der Waals surface area contributed by atoms with Gasteiger partial charge in [0, 0.05) is 11.1 Å². The molecule has 0 aliphatic carbocycles. The van der Waals surface area contributed by atoms with Crippen molar-refractivity contribution in [2.24, 2.45) is 0 Å². The second-order valence-corrected chi connectivity index (χ2v) is 6.03. The molecule has 0 atom stereocenters. The summed E-state index contributed by atoms with van der Waals surface area (Å²) in [5.74, 6) is 0.148. The van der Waals surface area contributed by atoms with Crippen molar-refractivity contribution in [1.29, 1.82) is 0 Å². The molecule has 0 heterocycles. The Hall–Kier alpha value is -2.26. The van der Waals surface area contributed by atoms with Crippen LogP contribution in [-0.4, -0.2) is 16.9 Å². The zero-order valence-electron chi connectivity index (χ0n) is 12.7. The smallest absolute Gasteiger partial charge is 0.173 e. The van der Waals surface area contributed by atoms with Gasteiger partial charge in [0.05, 0.1) is 5.33 Å². The van der Waals surface area contributed by atoms with Gasteiger partial charge in [-0.25, -0.2) is 0 Å². The molecule has 0 aromatic heterocycles. The molecule has 3 aromatic carbocycles. The number of hydrogen-bond donors (Lipinski definition) is 0. The van der Waals surface area contributed by atoms with E-state index in [4.69, 9.17) is 0 Å². The van der Waals surface area contributed by atoms with E-state index in [1.54, 1.807) is 6.92 Å². The number of rotatable bonds is 4. The maximum absolute atomic E-state index is 11.8. The van der Waals surface area contributed by atoms with E-state index < -0.39 is 0 Å². The summed E-state index contributed by atoms with van der Waals surface area (Å²) in [6.07, 6.45) is 0. The average Bonchev–Trinajstić information content (AvgIpc) is 2.60. The Kier molecular flexibility index (Phi) is 4.39. The molecule has 114 valence electrons. The molecular weight excluding hydrogens is 352 g/mol.